The summed E-state index contributed by atoms with van der Waals surface area (Å²) in [5, 5.41) is 3.31. The van der Waals surface area contributed by atoms with Crippen molar-refractivity contribution in [3.05, 3.63) is 30.1 Å². The summed E-state index contributed by atoms with van der Waals surface area (Å²) in [4.78, 5) is 14.2. The molecule has 0 bridgehead atoms. The van der Waals surface area contributed by atoms with Gasteiger partial charge in [-0.15, -0.1) is 0 Å². The van der Waals surface area contributed by atoms with Crippen LogP contribution in [-0.2, 0) is 4.79 Å². The minimum Gasteiger partial charge on any atom is -0.369 e. The van der Waals surface area contributed by atoms with E-state index in [1.165, 1.54) is 12.1 Å². The van der Waals surface area contributed by atoms with Crippen LogP contribution >= 0.6 is 0 Å². The molecule has 0 saturated heterocycles. The molecule has 0 spiro atoms. The Morgan fingerprint density at radius 1 is 1.38 bits per heavy atom. The number of hydrogen-bond donors (Lipinski definition) is 2. The average molecular weight is 293 g/mol. The molecule has 0 heterocycles. The molecule has 0 radical (unpaired) electrons. The number of benzene rings is 1. The van der Waals surface area contributed by atoms with Crippen LogP contribution in [0.1, 0.15) is 26.7 Å². The molecule has 1 atom stereocenters. The first-order chi connectivity index (χ1) is 10.0. The number of nitrogens with zero attached hydrogens (tertiary/aromatic N) is 1. The summed E-state index contributed by atoms with van der Waals surface area (Å²) in [6.07, 6.45) is 2.05. The van der Waals surface area contributed by atoms with Gasteiger partial charge in [-0.25, -0.2) is 4.39 Å². The van der Waals surface area contributed by atoms with E-state index in [1.54, 1.807) is 12.1 Å². The third-order valence-corrected chi connectivity index (χ3v) is 4.22. The molecular weight excluding hydrogens is 269 g/mol. The van der Waals surface area contributed by atoms with Gasteiger partial charge in [0.15, 0.2) is 0 Å². The second-order valence-electron chi connectivity index (χ2n) is 5.63. The van der Waals surface area contributed by atoms with Gasteiger partial charge >= 0.3 is 0 Å². The number of anilines is 1. The van der Waals surface area contributed by atoms with Crippen LogP contribution in [0, 0.1) is 11.7 Å². The number of rotatable bonds is 8. The molecule has 0 aromatic heterocycles. The Morgan fingerprint density at radius 3 is 2.43 bits per heavy atom. The van der Waals surface area contributed by atoms with Gasteiger partial charge in [-0.1, -0.05) is 6.92 Å². The first-order valence-corrected chi connectivity index (χ1v) is 7.59. The highest BCUT2D eigenvalue weighted by Gasteiger charge is 2.50. The molecule has 5 heteroatoms. The van der Waals surface area contributed by atoms with Crippen molar-refractivity contribution in [2.45, 2.75) is 32.2 Å². The molecule has 2 rings (SSSR count). The summed E-state index contributed by atoms with van der Waals surface area (Å²) in [5.41, 5.74) is 5.93. The lowest BCUT2D eigenvalue weighted by Gasteiger charge is -2.37. The molecule has 1 aromatic rings. The topological polar surface area (TPSA) is 58.4 Å². The first kappa shape index (κ1) is 15.8. The van der Waals surface area contributed by atoms with E-state index in [2.05, 4.69) is 10.2 Å². The largest absolute Gasteiger partial charge is 0.369 e. The van der Waals surface area contributed by atoms with Crippen molar-refractivity contribution in [2.24, 2.45) is 11.7 Å². The zero-order valence-corrected chi connectivity index (χ0v) is 12.7. The number of nitrogens with one attached hydrogen (secondary N) is 1. The number of carbonyl (C=O) groups is 1. The molecule has 116 valence electrons. The third-order valence-electron chi connectivity index (χ3n) is 4.22. The molecule has 4 nitrogen and oxygen atoms in total. The zero-order chi connectivity index (χ0) is 15.5. The molecule has 1 aliphatic rings. The van der Waals surface area contributed by atoms with Gasteiger partial charge in [-0.3, -0.25) is 4.79 Å². The maximum atomic E-state index is 13.1. The van der Waals surface area contributed by atoms with Gasteiger partial charge in [0.1, 0.15) is 11.4 Å². The van der Waals surface area contributed by atoms with E-state index in [-0.39, 0.29) is 11.7 Å². The van der Waals surface area contributed by atoms with E-state index in [0.29, 0.717) is 19.0 Å². The van der Waals surface area contributed by atoms with Crippen LogP contribution in [0.3, 0.4) is 0 Å². The van der Waals surface area contributed by atoms with Crippen molar-refractivity contribution in [3.8, 4) is 0 Å². The zero-order valence-electron chi connectivity index (χ0n) is 12.7. The second-order valence-corrected chi connectivity index (χ2v) is 5.63. The molecule has 0 aliphatic heterocycles. The van der Waals surface area contributed by atoms with Gasteiger partial charge in [-0.2, -0.15) is 0 Å². The number of primary amides is 1. The highest BCUT2D eigenvalue weighted by molar-refractivity contribution is 5.86. The summed E-state index contributed by atoms with van der Waals surface area (Å²) in [5.74, 6) is -0.262. The van der Waals surface area contributed by atoms with Gasteiger partial charge in [0.2, 0.25) is 5.91 Å². The van der Waals surface area contributed by atoms with Crippen molar-refractivity contribution in [1.29, 1.82) is 0 Å². The Bertz CT molecular complexity index is 487. The SMILES string of the molecule is CCNC(CN(CC)c1ccc(F)cc1)(C(N)=O)C1CC1. The van der Waals surface area contributed by atoms with Gasteiger partial charge in [0.25, 0.3) is 0 Å². The number of hydrogen-bond acceptors (Lipinski definition) is 3. The molecule has 1 aliphatic carbocycles. The molecule has 1 aromatic carbocycles. The summed E-state index contributed by atoms with van der Waals surface area (Å²) in [7, 11) is 0. The number of nitrogens with two attached hydrogens (primary N) is 1. The summed E-state index contributed by atoms with van der Waals surface area (Å²) < 4.78 is 13.1. The predicted molar refractivity (Wildman–Crippen MR) is 82.6 cm³/mol. The van der Waals surface area contributed by atoms with E-state index >= 15 is 0 Å². The molecule has 3 N–H and O–H groups in total. The van der Waals surface area contributed by atoms with Crippen molar-refractivity contribution in [3.63, 3.8) is 0 Å². The van der Waals surface area contributed by atoms with Gasteiger partial charge < -0.3 is 16.0 Å². The fourth-order valence-electron chi connectivity index (χ4n) is 2.93. The summed E-state index contributed by atoms with van der Waals surface area (Å²) in [6, 6.07) is 6.36. The van der Waals surface area contributed by atoms with Crippen molar-refractivity contribution in [1.82, 2.24) is 5.32 Å². The monoisotopic (exact) mass is 293 g/mol. The van der Waals surface area contributed by atoms with Crippen LogP contribution < -0.4 is 16.0 Å². The van der Waals surface area contributed by atoms with Crippen LogP contribution in [0.25, 0.3) is 0 Å². The Kier molecular flexibility index (Phi) is 4.83. The van der Waals surface area contributed by atoms with E-state index in [9.17, 15) is 9.18 Å². The van der Waals surface area contributed by atoms with E-state index < -0.39 is 5.54 Å². The van der Waals surface area contributed by atoms with Crippen LogP contribution in [0.15, 0.2) is 24.3 Å². The normalized spacial score (nSPS) is 17.3. The maximum absolute atomic E-state index is 13.1. The van der Waals surface area contributed by atoms with Gasteiger partial charge in [0, 0.05) is 18.8 Å². The average Bonchev–Trinajstić information content (AvgIpc) is 3.29. The highest BCUT2D eigenvalue weighted by Crippen LogP contribution is 2.40. The Morgan fingerprint density at radius 2 is 2.00 bits per heavy atom. The Hall–Kier alpha value is -1.62. The number of carbonyl (C=O) groups excluding carboxylic acids is 1. The number of halogens is 1. The van der Waals surface area contributed by atoms with Crippen molar-refractivity contribution >= 4 is 11.6 Å². The minimum absolute atomic E-state index is 0.259. The minimum atomic E-state index is -0.695. The van der Waals surface area contributed by atoms with Crippen LogP contribution in [0.2, 0.25) is 0 Å². The van der Waals surface area contributed by atoms with Gasteiger partial charge in [0.05, 0.1) is 0 Å². The Labute approximate surface area is 125 Å². The molecule has 1 saturated carbocycles. The van der Waals surface area contributed by atoms with Crippen LogP contribution in [-0.4, -0.2) is 31.1 Å². The summed E-state index contributed by atoms with van der Waals surface area (Å²) in [6.45, 7) is 5.95. The van der Waals surface area contributed by atoms with E-state index in [0.717, 1.165) is 25.1 Å². The first-order valence-electron chi connectivity index (χ1n) is 7.59. The summed E-state index contributed by atoms with van der Waals surface area (Å²) >= 11 is 0. The molecule has 1 fully saturated rings. The van der Waals surface area contributed by atoms with Crippen molar-refractivity contribution < 1.29 is 9.18 Å². The number of amides is 1. The molecule has 1 unspecified atom stereocenters. The molecular formula is C16H24FN3O. The highest BCUT2D eigenvalue weighted by atomic mass is 19.1. The third kappa shape index (κ3) is 3.35. The van der Waals surface area contributed by atoms with Crippen LogP contribution in [0.5, 0.6) is 0 Å². The lowest BCUT2D eigenvalue weighted by atomic mass is 9.91. The fraction of sp³-hybridized carbons (Fsp3) is 0.562. The second kappa shape index (κ2) is 6.43. The predicted octanol–water partition coefficient (Wildman–Crippen LogP) is 1.90. The molecule has 21 heavy (non-hydrogen) atoms. The van der Waals surface area contributed by atoms with Gasteiger partial charge in [-0.05, 0) is 56.5 Å². The maximum Gasteiger partial charge on any atom is 0.239 e. The van der Waals surface area contributed by atoms with Crippen LogP contribution in [0.4, 0.5) is 10.1 Å². The van der Waals surface area contributed by atoms with E-state index in [4.69, 9.17) is 5.73 Å². The lowest BCUT2D eigenvalue weighted by molar-refractivity contribution is -0.125. The van der Waals surface area contributed by atoms with Crippen molar-refractivity contribution in [2.75, 3.05) is 24.5 Å². The fourth-order valence-corrected chi connectivity index (χ4v) is 2.93. The quantitative estimate of drug-likeness (QED) is 0.769. The van der Waals surface area contributed by atoms with E-state index in [1.807, 2.05) is 13.8 Å². The molecule has 1 amide bonds. The number of likely N-dealkylation sites (N-methyl/N-ethyl adjacent to an activating group) is 2. The Balaban J connectivity index is 2.24. The smallest absolute Gasteiger partial charge is 0.239 e. The standard InChI is InChI=1S/C16H24FN3O/c1-3-19-16(15(18)21,12-5-6-12)11-20(4-2)14-9-7-13(17)8-10-14/h7-10,12,19H,3-6,11H2,1-2H3,(H2,18,21). The lowest BCUT2D eigenvalue weighted by Crippen LogP contribution is -2.63.